The lowest BCUT2D eigenvalue weighted by molar-refractivity contribution is -0.127. The molecule has 0 radical (unpaired) electrons. The fraction of sp³-hybridized carbons (Fsp3) is 0.261. The molecule has 1 fully saturated rings. The zero-order valence-corrected chi connectivity index (χ0v) is 19.9. The summed E-state index contributed by atoms with van der Waals surface area (Å²) in [5.41, 5.74) is 3.28. The van der Waals surface area contributed by atoms with Gasteiger partial charge in [0.25, 0.3) is 11.1 Å². The summed E-state index contributed by atoms with van der Waals surface area (Å²) < 4.78 is 6.39. The molecule has 1 aliphatic rings. The van der Waals surface area contributed by atoms with E-state index in [0.717, 1.165) is 50.0 Å². The quantitative estimate of drug-likeness (QED) is 0.503. The summed E-state index contributed by atoms with van der Waals surface area (Å²) in [6, 6.07) is 11.1. The van der Waals surface area contributed by atoms with Gasteiger partial charge in [0.05, 0.1) is 16.0 Å². The molecule has 0 bridgehead atoms. The van der Waals surface area contributed by atoms with Crippen molar-refractivity contribution in [3.8, 4) is 5.75 Å². The third kappa shape index (κ3) is 5.57. The average Bonchev–Trinajstić information content (AvgIpc) is 2.97. The number of amides is 3. The second-order valence-corrected chi connectivity index (χ2v) is 8.97. The minimum absolute atomic E-state index is 0.277. The van der Waals surface area contributed by atoms with E-state index in [0.29, 0.717) is 12.3 Å². The lowest BCUT2D eigenvalue weighted by Gasteiger charge is -2.15. The number of benzene rings is 2. The number of aryl methyl sites for hydroxylation is 2. The molecule has 1 heterocycles. The monoisotopic (exact) mass is 502 g/mol. The summed E-state index contributed by atoms with van der Waals surface area (Å²) in [5, 5.41) is 2.34. The molecule has 0 aromatic heterocycles. The largest absolute Gasteiger partial charge is 0.492 e. The summed E-state index contributed by atoms with van der Waals surface area (Å²) in [4.78, 5) is 38.8. The van der Waals surface area contributed by atoms with E-state index >= 15 is 0 Å². The lowest BCUT2D eigenvalue weighted by atomic mass is 10.1. The fourth-order valence-electron chi connectivity index (χ4n) is 3.06. The van der Waals surface area contributed by atoms with Crippen molar-refractivity contribution in [2.24, 2.45) is 0 Å². The van der Waals surface area contributed by atoms with Crippen LogP contribution in [-0.2, 0) is 9.59 Å². The number of hydrogen-bond donors (Lipinski definition) is 1. The van der Waals surface area contributed by atoms with Crippen LogP contribution in [0.1, 0.15) is 30.0 Å². The number of anilines is 1. The highest BCUT2D eigenvalue weighted by Crippen LogP contribution is 2.34. The van der Waals surface area contributed by atoms with E-state index in [-0.39, 0.29) is 11.4 Å². The Morgan fingerprint density at radius 1 is 1.19 bits per heavy atom. The molecule has 162 valence electrons. The van der Waals surface area contributed by atoms with Crippen molar-refractivity contribution < 1.29 is 19.1 Å². The number of imide groups is 1. The number of carbonyl (C=O) groups excluding carboxylic acids is 3. The number of rotatable bonds is 7. The number of nitrogens with zero attached hydrogens (tertiary/aromatic N) is 1. The van der Waals surface area contributed by atoms with Crippen LogP contribution in [-0.4, -0.2) is 35.1 Å². The van der Waals surface area contributed by atoms with Gasteiger partial charge in [-0.2, -0.15) is 0 Å². The molecule has 8 heteroatoms. The highest BCUT2D eigenvalue weighted by atomic mass is 79.9. The molecule has 2 aromatic carbocycles. The van der Waals surface area contributed by atoms with Crippen LogP contribution in [0.4, 0.5) is 10.5 Å². The molecular weight excluding hydrogens is 480 g/mol. The normalized spacial score (nSPS) is 15.0. The van der Waals surface area contributed by atoms with E-state index in [4.69, 9.17) is 4.74 Å². The van der Waals surface area contributed by atoms with Crippen LogP contribution in [0.2, 0.25) is 0 Å². The van der Waals surface area contributed by atoms with Gasteiger partial charge in [0.2, 0.25) is 5.91 Å². The SMILES string of the molecule is CCCOc1ccc(/C=C2\SC(=O)N(CC(=O)Nc3c(C)cccc3C)C2=O)cc1Br. The van der Waals surface area contributed by atoms with Gasteiger partial charge in [0.1, 0.15) is 12.3 Å². The van der Waals surface area contributed by atoms with Crippen LogP contribution in [0.5, 0.6) is 5.75 Å². The Labute approximate surface area is 194 Å². The van der Waals surface area contributed by atoms with Crippen molar-refractivity contribution in [3.05, 3.63) is 62.5 Å². The zero-order chi connectivity index (χ0) is 22.5. The van der Waals surface area contributed by atoms with Crippen molar-refractivity contribution in [2.75, 3.05) is 18.5 Å². The maximum Gasteiger partial charge on any atom is 0.294 e. The van der Waals surface area contributed by atoms with E-state index in [9.17, 15) is 14.4 Å². The Balaban J connectivity index is 1.70. The first-order valence-electron chi connectivity index (χ1n) is 9.84. The first kappa shape index (κ1) is 23.1. The first-order valence-corrected chi connectivity index (χ1v) is 11.4. The topological polar surface area (TPSA) is 75.7 Å². The summed E-state index contributed by atoms with van der Waals surface area (Å²) in [5.74, 6) is -0.175. The van der Waals surface area contributed by atoms with Gasteiger partial charge < -0.3 is 10.1 Å². The number of nitrogens with one attached hydrogen (secondary N) is 1. The van der Waals surface area contributed by atoms with Gasteiger partial charge in [-0.05, 0) is 82.9 Å². The number of thioether (sulfide) groups is 1. The summed E-state index contributed by atoms with van der Waals surface area (Å²) in [6.07, 6.45) is 2.54. The van der Waals surface area contributed by atoms with Crippen LogP contribution >= 0.6 is 27.7 Å². The van der Waals surface area contributed by atoms with Gasteiger partial charge in [-0.1, -0.05) is 31.2 Å². The van der Waals surface area contributed by atoms with Crippen LogP contribution in [0.15, 0.2) is 45.8 Å². The van der Waals surface area contributed by atoms with Gasteiger partial charge in [-0.25, -0.2) is 0 Å². The maximum absolute atomic E-state index is 12.7. The smallest absolute Gasteiger partial charge is 0.294 e. The van der Waals surface area contributed by atoms with E-state index in [1.165, 1.54) is 0 Å². The molecule has 31 heavy (non-hydrogen) atoms. The second kappa shape index (κ2) is 10.2. The second-order valence-electron chi connectivity index (χ2n) is 7.12. The average molecular weight is 503 g/mol. The molecule has 0 unspecified atom stereocenters. The van der Waals surface area contributed by atoms with Crippen LogP contribution in [0.25, 0.3) is 6.08 Å². The summed E-state index contributed by atoms with van der Waals surface area (Å²) >= 11 is 4.29. The Hall–Kier alpha value is -2.58. The molecule has 3 amide bonds. The molecule has 6 nitrogen and oxygen atoms in total. The van der Waals surface area contributed by atoms with Crippen LogP contribution in [0, 0.1) is 13.8 Å². The maximum atomic E-state index is 12.7. The van der Waals surface area contributed by atoms with Gasteiger partial charge in [0.15, 0.2) is 0 Å². The predicted molar refractivity (Wildman–Crippen MR) is 127 cm³/mol. The number of halogens is 1. The van der Waals surface area contributed by atoms with Crippen molar-refractivity contribution >= 4 is 56.5 Å². The first-order chi connectivity index (χ1) is 14.8. The highest BCUT2D eigenvalue weighted by molar-refractivity contribution is 9.10. The van der Waals surface area contributed by atoms with Gasteiger partial charge in [-0.15, -0.1) is 0 Å². The molecule has 3 rings (SSSR count). The van der Waals surface area contributed by atoms with Gasteiger partial charge in [0, 0.05) is 5.69 Å². The molecule has 0 aliphatic carbocycles. The third-order valence-corrected chi connectivity index (χ3v) is 6.16. The van der Waals surface area contributed by atoms with Crippen molar-refractivity contribution in [1.82, 2.24) is 4.90 Å². The molecule has 0 spiro atoms. The number of carbonyl (C=O) groups is 3. The number of para-hydroxylation sites is 1. The fourth-order valence-corrected chi connectivity index (χ4v) is 4.41. The van der Waals surface area contributed by atoms with E-state index in [2.05, 4.69) is 21.2 Å². The molecule has 1 saturated heterocycles. The minimum atomic E-state index is -0.478. The van der Waals surface area contributed by atoms with Crippen LogP contribution in [0.3, 0.4) is 0 Å². The highest BCUT2D eigenvalue weighted by Gasteiger charge is 2.36. The van der Waals surface area contributed by atoms with E-state index in [1.807, 2.05) is 57.2 Å². The Bertz CT molecular complexity index is 1050. The summed E-state index contributed by atoms with van der Waals surface area (Å²) in [6.45, 7) is 6.09. The number of ether oxygens (including phenoxy) is 1. The number of hydrogen-bond acceptors (Lipinski definition) is 5. The van der Waals surface area contributed by atoms with E-state index < -0.39 is 17.1 Å². The van der Waals surface area contributed by atoms with E-state index in [1.54, 1.807) is 6.08 Å². The third-order valence-electron chi connectivity index (χ3n) is 4.64. The van der Waals surface area contributed by atoms with Crippen LogP contribution < -0.4 is 10.1 Å². The predicted octanol–water partition coefficient (Wildman–Crippen LogP) is 5.53. The van der Waals surface area contributed by atoms with Crippen molar-refractivity contribution in [1.29, 1.82) is 0 Å². The van der Waals surface area contributed by atoms with Crippen molar-refractivity contribution in [3.63, 3.8) is 0 Å². The molecule has 0 saturated carbocycles. The van der Waals surface area contributed by atoms with Crippen molar-refractivity contribution in [2.45, 2.75) is 27.2 Å². The lowest BCUT2D eigenvalue weighted by Crippen LogP contribution is -2.36. The molecule has 1 N–H and O–H groups in total. The van der Waals surface area contributed by atoms with Gasteiger partial charge in [-0.3, -0.25) is 19.3 Å². The Morgan fingerprint density at radius 2 is 1.90 bits per heavy atom. The Morgan fingerprint density at radius 3 is 2.55 bits per heavy atom. The Kier molecular flexibility index (Phi) is 7.56. The molecule has 2 aromatic rings. The molecule has 0 atom stereocenters. The van der Waals surface area contributed by atoms with Gasteiger partial charge >= 0.3 is 0 Å². The standard InChI is InChI=1S/C23H23BrN2O4S/c1-4-10-30-18-9-8-16(11-17(18)24)12-19-22(28)26(23(29)31-19)13-20(27)25-21-14(2)6-5-7-15(21)3/h5-9,11-12H,4,10,13H2,1-3H3,(H,25,27)/b19-12-. The molecule has 1 aliphatic heterocycles. The minimum Gasteiger partial charge on any atom is -0.492 e. The zero-order valence-electron chi connectivity index (χ0n) is 17.5. The summed E-state index contributed by atoms with van der Waals surface area (Å²) in [7, 11) is 0. The molecular formula is C23H23BrN2O4S.